The molecule has 0 aromatic carbocycles. The van der Waals surface area contributed by atoms with Crippen molar-refractivity contribution < 1.29 is 19.5 Å². The van der Waals surface area contributed by atoms with Gasteiger partial charge in [0.25, 0.3) is 0 Å². The Kier molecular flexibility index (Phi) is 5.98. The van der Waals surface area contributed by atoms with Gasteiger partial charge in [-0.3, -0.25) is 9.59 Å². The molecule has 0 radical (unpaired) electrons. The number of amides is 2. The third kappa shape index (κ3) is 4.83. The van der Waals surface area contributed by atoms with Gasteiger partial charge < -0.3 is 15.3 Å². The fourth-order valence-electron chi connectivity index (χ4n) is 2.44. The summed E-state index contributed by atoms with van der Waals surface area (Å²) >= 11 is 0. The van der Waals surface area contributed by atoms with Gasteiger partial charge in [0.1, 0.15) is 6.04 Å². The zero-order valence-electron chi connectivity index (χ0n) is 12.4. The molecule has 2 N–H and O–H groups in total. The number of carboxylic acids is 1. The predicted octanol–water partition coefficient (Wildman–Crippen LogP) is 0.860. The maximum absolute atomic E-state index is 12.1. The van der Waals surface area contributed by atoms with Crippen molar-refractivity contribution in [2.45, 2.75) is 46.1 Å². The molecule has 1 heterocycles. The Bertz CT molecular complexity index is 373. The number of carbonyl (C=O) groups is 3. The van der Waals surface area contributed by atoms with Gasteiger partial charge in [-0.25, -0.2) is 4.79 Å². The number of piperidine rings is 1. The van der Waals surface area contributed by atoms with Crippen molar-refractivity contribution in [2.75, 3.05) is 13.1 Å². The third-order valence-corrected chi connectivity index (χ3v) is 3.63. The Hall–Kier alpha value is -1.59. The van der Waals surface area contributed by atoms with E-state index < -0.39 is 12.0 Å². The van der Waals surface area contributed by atoms with Crippen LogP contribution in [-0.2, 0) is 14.4 Å². The average molecular weight is 284 g/mol. The number of carboxylic acid groups (broad SMARTS) is 1. The first kappa shape index (κ1) is 16.5. The lowest BCUT2D eigenvalue weighted by Gasteiger charge is -2.31. The number of likely N-dealkylation sites (tertiary alicyclic amines) is 1. The molecule has 0 unspecified atom stereocenters. The van der Waals surface area contributed by atoms with Crippen LogP contribution in [0.15, 0.2) is 0 Å². The number of carbonyl (C=O) groups excluding carboxylic acids is 2. The van der Waals surface area contributed by atoms with Crippen LogP contribution in [0.4, 0.5) is 0 Å². The molecule has 1 aliphatic rings. The van der Waals surface area contributed by atoms with Crippen molar-refractivity contribution in [3.05, 3.63) is 0 Å². The van der Waals surface area contributed by atoms with Crippen LogP contribution in [0, 0.1) is 11.8 Å². The van der Waals surface area contributed by atoms with E-state index in [-0.39, 0.29) is 23.7 Å². The van der Waals surface area contributed by atoms with Crippen molar-refractivity contribution in [3.63, 3.8) is 0 Å². The molecule has 0 aliphatic carbocycles. The van der Waals surface area contributed by atoms with E-state index in [1.165, 1.54) is 6.92 Å². The number of aliphatic carboxylic acids is 1. The highest BCUT2D eigenvalue weighted by Crippen LogP contribution is 2.18. The van der Waals surface area contributed by atoms with Gasteiger partial charge in [-0.1, -0.05) is 13.8 Å². The second kappa shape index (κ2) is 7.26. The minimum atomic E-state index is -0.992. The summed E-state index contributed by atoms with van der Waals surface area (Å²) < 4.78 is 0. The van der Waals surface area contributed by atoms with Crippen molar-refractivity contribution >= 4 is 17.8 Å². The molecule has 1 rings (SSSR count). The monoisotopic (exact) mass is 284 g/mol. The molecule has 114 valence electrons. The van der Waals surface area contributed by atoms with Gasteiger partial charge in [0.2, 0.25) is 11.8 Å². The molecule has 1 aliphatic heterocycles. The Morgan fingerprint density at radius 3 is 2.20 bits per heavy atom. The molecule has 1 saturated heterocycles. The number of rotatable bonds is 5. The van der Waals surface area contributed by atoms with E-state index in [4.69, 9.17) is 5.11 Å². The van der Waals surface area contributed by atoms with Gasteiger partial charge in [0, 0.05) is 25.9 Å². The first-order chi connectivity index (χ1) is 9.31. The number of nitrogens with zero attached hydrogens (tertiary/aromatic N) is 1. The SMILES string of the molecule is CC(=O)N1CCC(C(=O)N[C@@H](CC(C)C)C(=O)O)CC1. The van der Waals surface area contributed by atoms with Crippen molar-refractivity contribution in [3.8, 4) is 0 Å². The molecular formula is C14H24N2O4. The minimum absolute atomic E-state index is 0.0204. The van der Waals surface area contributed by atoms with Gasteiger partial charge in [-0.2, -0.15) is 0 Å². The van der Waals surface area contributed by atoms with Gasteiger partial charge in [-0.05, 0) is 25.2 Å². The van der Waals surface area contributed by atoms with E-state index in [1.807, 2.05) is 13.8 Å². The third-order valence-electron chi connectivity index (χ3n) is 3.63. The summed E-state index contributed by atoms with van der Waals surface area (Å²) in [5, 5.41) is 11.7. The van der Waals surface area contributed by atoms with Crippen LogP contribution in [0.1, 0.15) is 40.0 Å². The molecule has 0 spiro atoms. The highest BCUT2D eigenvalue weighted by atomic mass is 16.4. The first-order valence-corrected chi connectivity index (χ1v) is 7.10. The number of nitrogens with one attached hydrogen (secondary N) is 1. The Morgan fingerprint density at radius 2 is 1.80 bits per heavy atom. The summed E-state index contributed by atoms with van der Waals surface area (Å²) in [7, 11) is 0. The molecular weight excluding hydrogens is 260 g/mol. The largest absolute Gasteiger partial charge is 0.480 e. The topological polar surface area (TPSA) is 86.7 Å². The lowest BCUT2D eigenvalue weighted by molar-refractivity contribution is -0.143. The summed E-state index contributed by atoms with van der Waals surface area (Å²) in [5.41, 5.74) is 0. The lowest BCUT2D eigenvalue weighted by atomic mass is 9.95. The van der Waals surface area contributed by atoms with Crippen LogP contribution in [0.3, 0.4) is 0 Å². The molecule has 2 amide bonds. The van der Waals surface area contributed by atoms with Crippen molar-refractivity contribution in [1.29, 1.82) is 0 Å². The molecule has 6 heteroatoms. The molecule has 20 heavy (non-hydrogen) atoms. The number of hydrogen-bond donors (Lipinski definition) is 2. The van der Waals surface area contributed by atoms with Crippen LogP contribution in [0.5, 0.6) is 0 Å². The van der Waals surface area contributed by atoms with Crippen molar-refractivity contribution in [2.24, 2.45) is 11.8 Å². The molecule has 1 fully saturated rings. The fraction of sp³-hybridized carbons (Fsp3) is 0.786. The Morgan fingerprint density at radius 1 is 1.25 bits per heavy atom. The average Bonchev–Trinajstić information content (AvgIpc) is 2.37. The molecule has 0 saturated carbocycles. The van der Waals surface area contributed by atoms with Gasteiger partial charge in [0.15, 0.2) is 0 Å². The molecule has 0 aromatic rings. The maximum Gasteiger partial charge on any atom is 0.326 e. The van der Waals surface area contributed by atoms with Crippen LogP contribution in [-0.4, -0.2) is 46.9 Å². The molecule has 1 atom stereocenters. The van der Waals surface area contributed by atoms with E-state index >= 15 is 0 Å². The van der Waals surface area contributed by atoms with Gasteiger partial charge >= 0.3 is 5.97 Å². The van der Waals surface area contributed by atoms with E-state index in [0.717, 1.165) is 0 Å². The summed E-state index contributed by atoms with van der Waals surface area (Å²) in [4.78, 5) is 36.1. The van der Waals surface area contributed by atoms with Crippen LogP contribution >= 0.6 is 0 Å². The van der Waals surface area contributed by atoms with E-state index in [2.05, 4.69) is 5.32 Å². The zero-order valence-corrected chi connectivity index (χ0v) is 12.4. The Labute approximate surface area is 119 Å². The summed E-state index contributed by atoms with van der Waals surface area (Å²) in [6, 6.07) is -0.826. The van der Waals surface area contributed by atoms with Crippen LogP contribution in [0.2, 0.25) is 0 Å². The van der Waals surface area contributed by atoms with Gasteiger partial charge in [-0.15, -0.1) is 0 Å². The smallest absolute Gasteiger partial charge is 0.326 e. The highest BCUT2D eigenvalue weighted by molar-refractivity contribution is 5.85. The van der Waals surface area contributed by atoms with E-state index in [0.29, 0.717) is 32.4 Å². The van der Waals surface area contributed by atoms with Crippen molar-refractivity contribution in [1.82, 2.24) is 10.2 Å². The summed E-state index contributed by atoms with van der Waals surface area (Å²) in [6.07, 6.45) is 1.62. The normalized spacial score (nSPS) is 17.9. The lowest BCUT2D eigenvalue weighted by Crippen LogP contribution is -2.47. The standard InChI is InChI=1S/C14H24N2O4/c1-9(2)8-12(14(19)20)15-13(18)11-4-6-16(7-5-11)10(3)17/h9,11-12H,4-8H2,1-3H3,(H,15,18)(H,19,20)/t12-/m0/s1. The van der Waals surface area contributed by atoms with E-state index in [1.54, 1.807) is 4.90 Å². The second-order valence-electron chi connectivity index (χ2n) is 5.81. The fourth-order valence-corrected chi connectivity index (χ4v) is 2.44. The van der Waals surface area contributed by atoms with Crippen LogP contribution in [0.25, 0.3) is 0 Å². The highest BCUT2D eigenvalue weighted by Gasteiger charge is 2.29. The number of hydrogen-bond acceptors (Lipinski definition) is 3. The maximum atomic E-state index is 12.1. The quantitative estimate of drug-likeness (QED) is 0.784. The Balaban J connectivity index is 2.50. The zero-order chi connectivity index (χ0) is 15.3. The van der Waals surface area contributed by atoms with Gasteiger partial charge in [0.05, 0.1) is 0 Å². The molecule has 0 aromatic heterocycles. The van der Waals surface area contributed by atoms with Crippen LogP contribution < -0.4 is 5.32 Å². The minimum Gasteiger partial charge on any atom is -0.480 e. The molecule has 0 bridgehead atoms. The summed E-state index contributed by atoms with van der Waals surface area (Å²) in [5.74, 6) is -1.17. The first-order valence-electron chi connectivity index (χ1n) is 7.10. The van der Waals surface area contributed by atoms with E-state index in [9.17, 15) is 14.4 Å². The molecule has 6 nitrogen and oxygen atoms in total. The predicted molar refractivity (Wildman–Crippen MR) is 74.0 cm³/mol. The second-order valence-corrected chi connectivity index (χ2v) is 5.81. The summed E-state index contributed by atoms with van der Waals surface area (Å²) in [6.45, 7) is 6.50.